The molecule has 2 aromatic rings. The van der Waals surface area contributed by atoms with Crippen molar-refractivity contribution in [2.45, 2.75) is 6.42 Å². The quantitative estimate of drug-likeness (QED) is 0.858. The van der Waals surface area contributed by atoms with Crippen molar-refractivity contribution < 1.29 is 8.78 Å². The van der Waals surface area contributed by atoms with Crippen molar-refractivity contribution in [2.24, 2.45) is 0 Å². The Bertz CT molecular complexity index is 454. The maximum Gasteiger partial charge on any atom is 0.149 e. The van der Waals surface area contributed by atoms with Crippen molar-refractivity contribution in [1.29, 1.82) is 0 Å². The van der Waals surface area contributed by atoms with Gasteiger partial charge >= 0.3 is 0 Å². The average Bonchev–Trinajstić information content (AvgIpc) is 2.74. The minimum atomic E-state index is -0.554. The van der Waals surface area contributed by atoms with Gasteiger partial charge in [0.2, 0.25) is 0 Å². The van der Waals surface area contributed by atoms with E-state index in [0.717, 1.165) is 12.5 Å². The molecule has 1 N–H and O–H groups in total. The topological polar surface area (TPSA) is 12.0 Å². The summed E-state index contributed by atoms with van der Waals surface area (Å²) < 4.78 is 25.8. The van der Waals surface area contributed by atoms with Gasteiger partial charge in [0.15, 0.2) is 0 Å². The van der Waals surface area contributed by atoms with E-state index in [1.807, 2.05) is 17.5 Å². The monoisotopic (exact) mass is 239 g/mol. The molecule has 4 heteroatoms. The zero-order valence-electron chi connectivity index (χ0n) is 8.54. The van der Waals surface area contributed by atoms with Gasteiger partial charge < -0.3 is 5.32 Å². The van der Waals surface area contributed by atoms with Crippen molar-refractivity contribution >= 4 is 17.0 Å². The van der Waals surface area contributed by atoms with E-state index in [-0.39, 0.29) is 0 Å². The van der Waals surface area contributed by atoms with Crippen molar-refractivity contribution in [3.63, 3.8) is 0 Å². The summed E-state index contributed by atoms with van der Waals surface area (Å²) in [4.78, 5) is 1.25. The molecule has 0 aliphatic heterocycles. The normalized spacial score (nSPS) is 10.4. The van der Waals surface area contributed by atoms with Crippen LogP contribution in [-0.2, 0) is 6.42 Å². The molecule has 0 fully saturated rings. The zero-order valence-corrected chi connectivity index (χ0v) is 9.36. The molecule has 0 aliphatic rings. The summed E-state index contributed by atoms with van der Waals surface area (Å²) in [5, 5.41) is 4.95. The molecule has 0 unspecified atom stereocenters. The van der Waals surface area contributed by atoms with Crippen molar-refractivity contribution in [2.75, 3.05) is 11.9 Å². The summed E-state index contributed by atoms with van der Waals surface area (Å²) in [5.74, 6) is -1.10. The zero-order chi connectivity index (χ0) is 11.4. The van der Waals surface area contributed by atoms with Crippen LogP contribution in [0.15, 0.2) is 35.7 Å². The summed E-state index contributed by atoms with van der Waals surface area (Å²) in [6.45, 7) is 0.642. The third kappa shape index (κ3) is 2.79. The first-order chi connectivity index (χ1) is 7.75. The fraction of sp³-hybridized carbons (Fsp3) is 0.167. The van der Waals surface area contributed by atoms with E-state index in [0.29, 0.717) is 12.2 Å². The minimum Gasteiger partial charge on any atom is -0.382 e. The molecule has 0 spiro atoms. The van der Waals surface area contributed by atoms with Crippen molar-refractivity contribution in [3.8, 4) is 0 Å². The van der Waals surface area contributed by atoms with E-state index in [9.17, 15) is 8.78 Å². The number of benzene rings is 1. The standard InChI is InChI=1S/C12H11F2NS/c13-9-3-4-12(11(14)8-9)15-6-5-10-2-1-7-16-10/h1-4,7-8,15H,5-6H2. The van der Waals surface area contributed by atoms with Gasteiger partial charge in [0.05, 0.1) is 5.69 Å². The third-order valence-electron chi connectivity index (χ3n) is 2.20. The highest BCUT2D eigenvalue weighted by atomic mass is 32.1. The Hall–Kier alpha value is -1.42. The molecular weight excluding hydrogens is 228 g/mol. The van der Waals surface area contributed by atoms with Crippen LogP contribution in [0.5, 0.6) is 0 Å². The lowest BCUT2D eigenvalue weighted by Crippen LogP contribution is -2.05. The third-order valence-corrected chi connectivity index (χ3v) is 3.13. The Balaban J connectivity index is 1.90. The SMILES string of the molecule is Fc1ccc(NCCc2cccs2)c(F)c1. The van der Waals surface area contributed by atoms with E-state index in [4.69, 9.17) is 0 Å². The fourth-order valence-electron chi connectivity index (χ4n) is 1.41. The molecule has 0 radical (unpaired) electrons. The Kier molecular flexibility index (Phi) is 3.51. The van der Waals surface area contributed by atoms with Crippen LogP contribution < -0.4 is 5.32 Å². The maximum absolute atomic E-state index is 13.2. The van der Waals surface area contributed by atoms with Gasteiger partial charge in [0.25, 0.3) is 0 Å². The number of rotatable bonds is 4. The lowest BCUT2D eigenvalue weighted by molar-refractivity contribution is 0.585. The number of nitrogens with one attached hydrogen (secondary N) is 1. The van der Waals surface area contributed by atoms with Crippen LogP contribution in [-0.4, -0.2) is 6.54 Å². The Labute approximate surface area is 96.7 Å². The first-order valence-electron chi connectivity index (χ1n) is 4.97. The van der Waals surface area contributed by atoms with E-state index < -0.39 is 11.6 Å². The lowest BCUT2D eigenvalue weighted by Gasteiger charge is -2.06. The van der Waals surface area contributed by atoms with Gasteiger partial charge in [-0.3, -0.25) is 0 Å². The van der Waals surface area contributed by atoms with Gasteiger partial charge in [-0.25, -0.2) is 8.78 Å². The summed E-state index contributed by atoms with van der Waals surface area (Å²) in [5.41, 5.74) is 0.345. The lowest BCUT2D eigenvalue weighted by atomic mass is 10.3. The number of thiophene rings is 1. The predicted octanol–water partition coefficient (Wildman–Crippen LogP) is 3.68. The van der Waals surface area contributed by atoms with Crippen LogP contribution >= 0.6 is 11.3 Å². The summed E-state index contributed by atoms with van der Waals surface area (Å²) in [6.07, 6.45) is 0.842. The Morgan fingerprint density at radius 1 is 1.19 bits per heavy atom. The van der Waals surface area contributed by atoms with Gasteiger partial charge in [0.1, 0.15) is 11.6 Å². The van der Waals surface area contributed by atoms with Crippen LogP contribution in [0, 0.1) is 11.6 Å². The second-order valence-electron chi connectivity index (χ2n) is 3.38. The second kappa shape index (κ2) is 5.07. The molecule has 2 rings (SSSR count). The molecular formula is C12H11F2NS. The van der Waals surface area contributed by atoms with Crippen LogP contribution in [0.4, 0.5) is 14.5 Å². The summed E-state index contributed by atoms with van der Waals surface area (Å²) >= 11 is 1.67. The first kappa shape index (κ1) is 11.1. The largest absolute Gasteiger partial charge is 0.382 e. The van der Waals surface area contributed by atoms with E-state index in [1.165, 1.54) is 17.0 Å². The van der Waals surface area contributed by atoms with Crippen LogP contribution in [0.2, 0.25) is 0 Å². The van der Waals surface area contributed by atoms with Crippen molar-refractivity contribution in [1.82, 2.24) is 0 Å². The smallest absolute Gasteiger partial charge is 0.149 e. The van der Waals surface area contributed by atoms with E-state index in [2.05, 4.69) is 5.32 Å². The molecule has 0 atom stereocenters. The first-order valence-corrected chi connectivity index (χ1v) is 5.85. The molecule has 1 heterocycles. The predicted molar refractivity (Wildman–Crippen MR) is 62.9 cm³/mol. The molecule has 0 aliphatic carbocycles. The molecule has 1 nitrogen and oxygen atoms in total. The number of halogens is 2. The van der Waals surface area contributed by atoms with Crippen LogP contribution in [0.3, 0.4) is 0 Å². The highest BCUT2D eigenvalue weighted by molar-refractivity contribution is 7.09. The second-order valence-corrected chi connectivity index (χ2v) is 4.41. The maximum atomic E-state index is 13.2. The van der Waals surface area contributed by atoms with Crippen molar-refractivity contribution in [3.05, 3.63) is 52.2 Å². The molecule has 0 saturated heterocycles. The van der Waals surface area contributed by atoms with Gasteiger partial charge in [-0.1, -0.05) is 6.07 Å². The van der Waals surface area contributed by atoms with Gasteiger partial charge in [-0.2, -0.15) is 0 Å². The fourth-order valence-corrected chi connectivity index (χ4v) is 2.12. The van der Waals surface area contributed by atoms with Crippen LogP contribution in [0.1, 0.15) is 4.88 Å². The highest BCUT2D eigenvalue weighted by Crippen LogP contribution is 2.15. The number of anilines is 1. The molecule has 1 aromatic heterocycles. The average molecular weight is 239 g/mol. The molecule has 0 amide bonds. The molecule has 84 valence electrons. The van der Waals surface area contributed by atoms with Gasteiger partial charge in [0, 0.05) is 17.5 Å². The minimum absolute atomic E-state index is 0.345. The summed E-state index contributed by atoms with van der Waals surface area (Å²) in [7, 11) is 0. The Morgan fingerprint density at radius 2 is 2.06 bits per heavy atom. The van der Waals surface area contributed by atoms with Gasteiger partial charge in [-0.15, -0.1) is 11.3 Å². The number of hydrogen-bond donors (Lipinski definition) is 1. The Morgan fingerprint density at radius 3 is 2.75 bits per heavy atom. The summed E-state index contributed by atoms with van der Waals surface area (Å²) in [6, 6.07) is 7.56. The van der Waals surface area contributed by atoms with E-state index >= 15 is 0 Å². The number of hydrogen-bond acceptors (Lipinski definition) is 2. The van der Waals surface area contributed by atoms with Crippen LogP contribution in [0.25, 0.3) is 0 Å². The van der Waals surface area contributed by atoms with Gasteiger partial charge in [-0.05, 0) is 30.0 Å². The molecule has 0 saturated carbocycles. The highest BCUT2D eigenvalue weighted by Gasteiger charge is 2.02. The molecule has 0 bridgehead atoms. The molecule has 1 aromatic carbocycles. The molecule has 16 heavy (non-hydrogen) atoms. The van der Waals surface area contributed by atoms with E-state index in [1.54, 1.807) is 11.3 Å².